The average Bonchev–Trinajstić information content (AvgIpc) is 3.08. The van der Waals surface area contributed by atoms with Gasteiger partial charge in [0.05, 0.1) is 5.69 Å². The smallest absolute Gasteiger partial charge is 0.228 e. The van der Waals surface area contributed by atoms with E-state index in [9.17, 15) is 9.59 Å². The topological polar surface area (TPSA) is 58.2 Å². The number of amides is 1. The van der Waals surface area contributed by atoms with E-state index in [4.69, 9.17) is 0 Å². The number of ketones is 1. The van der Waals surface area contributed by atoms with Crippen molar-refractivity contribution in [2.75, 3.05) is 11.9 Å². The van der Waals surface area contributed by atoms with Gasteiger partial charge in [-0.05, 0) is 101 Å². The van der Waals surface area contributed by atoms with Crippen LogP contribution in [0.15, 0.2) is 27.1 Å². The molecule has 1 saturated heterocycles. The number of piperidine rings is 1. The summed E-state index contributed by atoms with van der Waals surface area (Å²) >= 11 is 7.08. The number of Topliss-reactive ketones (excluding diaryl/α,β-unsaturated/α-hetero) is 1. The number of benzene rings is 1. The lowest BCUT2D eigenvalue weighted by molar-refractivity contribution is -0.136. The lowest BCUT2D eigenvalue weighted by Crippen LogP contribution is -2.63. The summed E-state index contributed by atoms with van der Waals surface area (Å²) in [4.78, 5) is 25.5. The van der Waals surface area contributed by atoms with Crippen molar-refractivity contribution < 1.29 is 9.59 Å². The Morgan fingerprint density at radius 1 is 1.10 bits per heavy atom. The predicted molar refractivity (Wildman–Crippen MR) is 130 cm³/mol. The normalized spacial score (nSPS) is 41.8. The summed E-state index contributed by atoms with van der Waals surface area (Å²) in [6, 6.07) is 6.23. The molecule has 0 bridgehead atoms. The van der Waals surface area contributed by atoms with Crippen LogP contribution in [-0.2, 0) is 9.59 Å². The van der Waals surface area contributed by atoms with E-state index < -0.39 is 0 Å². The van der Waals surface area contributed by atoms with Crippen molar-refractivity contribution in [2.24, 2.45) is 34.5 Å². The zero-order valence-electron chi connectivity index (χ0n) is 18.3. The van der Waals surface area contributed by atoms with Gasteiger partial charge < -0.3 is 10.6 Å². The van der Waals surface area contributed by atoms with Crippen LogP contribution in [-0.4, -0.2) is 24.3 Å². The maximum absolute atomic E-state index is 13.4. The monoisotopic (exact) mass is 550 g/mol. The van der Waals surface area contributed by atoms with Crippen LogP contribution in [0, 0.1) is 34.5 Å². The summed E-state index contributed by atoms with van der Waals surface area (Å²) in [5, 5.41) is 7.00. The molecule has 0 radical (unpaired) electrons. The van der Waals surface area contributed by atoms with Crippen LogP contribution in [0.2, 0.25) is 0 Å². The van der Waals surface area contributed by atoms with Crippen LogP contribution >= 0.6 is 31.9 Å². The molecular weight excluding hydrogens is 520 g/mol. The Bertz CT molecular complexity index is 921. The molecular formula is C25H32Br2N2O2. The summed E-state index contributed by atoms with van der Waals surface area (Å²) in [7, 11) is 0. The first kappa shape index (κ1) is 22.1. The first-order valence-electron chi connectivity index (χ1n) is 11.7. The van der Waals surface area contributed by atoms with Gasteiger partial charge in [-0.15, -0.1) is 0 Å². The van der Waals surface area contributed by atoms with Crippen molar-refractivity contribution >= 4 is 49.2 Å². The van der Waals surface area contributed by atoms with Crippen molar-refractivity contribution in [1.29, 1.82) is 0 Å². The first-order chi connectivity index (χ1) is 14.7. The second-order valence-electron chi connectivity index (χ2n) is 10.9. The lowest BCUT2D eigenvalue weighted by atomic mass is 9.48. The van der Waals surface area contributed by atoms with E-state index in [-0.39, 0.29) is 22.7 Å². The Balaban J connectivity index is 1.36. The second kappa shape index (κ2) is 7.95. The SMILES string of the molecule is C[C@]12CCC(=O)CC1NCC1C2CC[C@]2(C)C(C(=O)Nc3cc(Br)ccc3Br)CCC12. The van der Waals surface area contributed by atoms with Gasteiger partial charge in [-0.25, -0.2) is 0 Å². The van der Waals surface area contributed by atoms with Crippen molar-refractivity contribution in [1.82, 2.24) is 5.32 Å². The summed E-state index contributed by atoms with van der Waals surface area (Å²) in [5.74, 6) is 2.51. The van der Waals surface area contributed by atoms with Gasteiger partial charge in [0.25, 0.3) is 0 Å². The molecule has 5 rings (SSSR count). The fourth-order valence-electron chi connectivity index (χ4n) is 7.81. The Morgan fingerprint density at radius 3 is 2.68 bits per heavy atom. The van der Waals surface area contributed by atoms with Gasteiger partial charge in [-0.3, -0.25) is 9.59 Å². The number of anilines is 1. The molecule has 1 heterocycles. The fourth-order valence-corrected chi connectivity index (χ4v) is 8.52. The quantitative estimate of drug-likeness (QED) is 0.478. The molecule has 1 aliphatic heterocycles. The van der Waals surface area contributed by atoms with Gasteiger partial charge in [0.15, 0.2) is 0 Å². The molecule has 4 fully saturated rings. The molecule has 4 nitrogen and oxygen atoms in total. The van der Waals surface area contributed by atoms with E-state index in [1.165, 1.54) is 6.42 Å². The second-order valence-corrected chi connectivity index (χ2v) is 12.6. The molecule has 5 unspecified atom stereocenters. The molecule has 4 aliphatic rings. The van der Waals surface area contributed by atoms with Crippen molar-refractivity contribution in [3.63, 3.8) is 0 Å². The van der Waals surface area contributed by atoms with E-state index in [2.05, 4.69) is 56.3 Å². The third-order valence-electron chi connectivity index (χ3n) is 9.56. The number of hydrogen-bond acceptors (Lipinski definition) is 3. The molecule has 6 heteroatoms. The molecule has 0 spiro atoms. The van der Waals surface area contributed by atoms with Gasteiger partial charge >= 0.3 is 0 Å². The molecule has 0 aromatic heterocycles. The largest absolute Gasteiger partial charge is 0.325 e. The highest BCUT2D eigenvalue weighted by Crippen LogP contribution is 2.64. The van der Waals surface area contributed by atoms with Gasteiger partial charge in [0.2, 0.25) is 5.91 Å². The molecule has 168 valence electrons. The molecule has 31 heavy (non-hydrogen) atoms. The number of hydrogen-bond donors (Lipinski definition) is 2. The standard InChI is InChI=1S/C25H32Br2N2O2/c1-24-10-8-18-16(13-28-22-12-15(30)7-9-25(18,22)2)17(24)4-5-19(24)23(31)29-21-11-14(26)3-6-20(21)27/h3,6,11,16-19,22,28H,4-5,7-10,12-13H2,1-2H3,(H,29,31)/t16?,17?,18?,19?,22?,24-,25+/m0/s1. The van der Waals surface area contributed by atoms with Crippen LogP contribution in [0.4, 0.5) is 5.69 Å². The van der Waals surface area contributed by atoms with Gasteiger partial charge in [-0.1, -0.05) is 29.8 Å². The maximum Gasteiger partial charge on any atom is 0.228 e. The van der Waals surface area contributed by atoms with Crippen LogP contribution in [0.1, 0.15) is 58.8 Å². The maximum atomic E-state index is 13.4. The minimum atomic E-state index is 0.0547. The fraction of sp³-hybridized carbons (Fsp3) is 0.680. The third-order valence-corrected chi connectivity index (χ3v) is 10.7. The van der Waals surface area contributed by atoms with Gasteiger partial charge in [0, 0.05) is 33.7 Å². The summed E-state index contributed by atoms with van der Waals surface area (Å²) in [6.45, 7) is 5.81. The van der Waals surface area contributed by atoms with Crippen LogP contribution < -0.4 is 10.6 Å². The number of carbonyl (C=O) groups excluding carboxylic acids is 2. The van der Waals surface area contributed by atoms with E-state index in [1.54, 1.807) is 0 Å². The highest BCUT2D eigenvalue weighted by atomic mass is 79.9. The number of nitrogens with one attached hydrogen (secondary N) is 2. The first-order valence-corrected chi connectivity index (χ1v) is 13.3. The Hall–Kier alpha value is -0.720. The van der Waals surface area contributed by atoms with Crippen molar-refractivity contribution in [3.8, 4) is 0 Å². The lowest BCUT2D eigenvalue weighted by Gasteiger charge is -2.60. The van der Waals surface area contributed by atoms with E-state index in [0.29, 0.717) is 36.0 Å². The zero-order valence-corrected chi connectivity index (χ0v) is 21.5. The van der Waals surface area contributed by atoms with Gasteiger partial charge in [0.1, 0.15) is 5.78 Å². The molecule has 7 atom stereocenters. The summed E-state index contributed by atoms with van der Waals surface area (Å²) in [5.41, 5.74) is 1.11. The van der Waals surface area contributed by atoms with E-state index in [0.717, 1.165) is 53.3 Å². The predicted octanol–water partition coefficient (Wildman–Crippen LogP) is 5.94. The Labute approximate surface area is 201 Å². The minimum Gasteiger partial charge on any atom is -0.325 e. The van der Waals surface area contributed by atoms with Crippen molar-refractivity contribution in [3.05, 3.63) is 27.1 Å². The van der Waals surface area contributed by atoms with E-state index >= 15 is 0 Å². The highest BCUT2D eigenvalue weighted by molar-refractivity contribution is 9.11. The zero-order chi connectivity index (χ0) is 22.0. The highest BCUT2D eigenvalue weighted by Gasteiger charge is 2.61. The molecule has 2 N–H and O–H groups in total. The number of halogens is 2. The third kappa shape index (κ3) is 3.56. The summed E-state index contributed by atoms with van der Waals surface area (Å²) < 4.78 is 1.87. The van der Waals surface area contributed by atoms with E-state index in [1.807, 2.05) is 18.2 Å². The molecule has 1 aromatic rings. The Morgan fingerprint density at radius 2 is 1.87 bits per heavy atom. The molecule has 3 aliphatic carbocycles. The van der Waals surface area contributed by atoms with Crippen LogP contribution in [0.3, 0.4) is 0 Å². The van der Waals surface area contributed by atoms with Crippen molar-refractivity contribution in [2.45, 2.75) is 64.8 Å². The average molecular weight is 552 g/mol. The molecule has 3 saturated carbocycles. The minimum absolute atomic E-state index is 0.0547. The number of rotatable bonds is 2. The Kier molecular flexibility index (Phi) is 5.66. The molecule has 1 amide bonds. The van der Waals surface area contributed by atoms with Crippen LogP contribution in [0.5, 0.6) is 0 Å². The van der Waals surface area contributed by atoms with Gasteiger partial charge in [-0.2, -0.15) is 0 Å². The number of carbonyl (C=O) groups is 2. The van der Waals surface area contributed by atoms with Crippen LogP contribution in [0.25, 0.3) is 0 Å². The molecule has 1 aromatic carbocycles. The summed E-state index contributed by atoms with van der Waals surface area (Å²) in [6.07, 6.45) is 6.88. The number of fused-ring (bicyclic) bond motifs is 5.